The Morgan fingerprint density at radius 2 is 1.80 bits per heavy atom. The minimum Gasteiger partial charge on any atom is -0.289 e. The molecule has 0 fully saturated rings. The number of hydrogen-bond acceptors (Lipinski definition) is 1. The van der Waals surface area contributed by atoms with Gasteiger partial charge in [0.2, 0.25) is 0 Å². The van der Waals surface area contributed by atoms with E-state index in [1.807, 2.05) is 32.0 Å². The van der Waals surface area contributed by atoms with Crippen molar-refractivity contribution in [1.29, 1.82) is 0 Å². The van der Waals surface area contributed by atoms with Crippen molar-refractivity contribution >= 4 is 35.1 Å². The molecule has 2 aromatic rings. The third kappa shape index (κ3) is 3.50. The van der Waals surface area contributed by atoms with Gasteiger partial charge in [-0.05, 0) is 49.3 Å². The average Bonchev–Trinajstić information content (AvgIpc) is 2.37. The molecular weight excluding hydrogens is 291 g/mol. The Morgan fingerprint density at radius 1 is 1.05 bits per heavy atom. The molecule has 2 aromatic carbocycles. The van der Waals surface area contributed by atoms with Crippen LogP contribution in [-0.2, 0) is 0 Å². The van der Waals surface area contributed by atoms with E-state index in [2.05, 4.69) is 0 Å². The molecule has 0 aliphatic carbocycles. The van der Waals surface area contributed by atoms with Crippen molar-refractivity contribution in [3.05, 3.63) is 74.8 Å². The summed E-state index contributed by atoms with van der Waals surface area (Å²) in [4.78, 5) is 12.2. The molecule has 0 aliphatic heterocycles. The molecule has 0 amide bonds. The zero-order valence-corrected chi connectivity index (χ0v) is 12.8. The maximum Gasteiger partial charge on any atom is 0.186 e. The lowest BCUT2D eigenvalue weighted by Crippen LogP contribution is -1.98. The summed E-state index contributed by atoms with van der Waals surface area (Å²) in [5, 5.41) is 1.11. The lowest BCUT2D eigenvalue weighted by molar-refractivity contribution is 0.104. The Hall–Kier alpha value is -1.57. The summed E-state index contributed by atoms with van der Waals surface area (Å²) in [6, 6.07) is 11.0. The van der Waals surface area contributed by atoms with Crippen molar-refractivity contribution in [2.45, 2.75) is 13.8 Å². The molecule has 2 rings (SSSR count). The van der Waals surface area contributed by atoms with Crippen LogP contribution in [0.5, 0.6) is 0 Å². The van der Waals surface area contributed by atoms with E-state index >= 15 is 0 Å². The third-order valence-corrected chi connectivity index (χ3v) is 3.59. The molecule has 1 nitrogen and oxygen atoms in total. The van der Waals surface area contributed by atoms with Gasteiger partial charge in [-0.1, -0.05) is 53.0 Å². The van der Waals surface area contributed by atoms with Gasteiger partial charge in [-0.25, -0.2) is 0 Å². The Bertz CT molecular complexity index is 687. The van der Waals surface area contributed by atoms with E-state index in [9.17, 15) is 4.79 Å². The minimum atomic E-state index is -0.0338. The van der Waals surface area contributed by atoms with Crippen LogP contribution in [0.4, 0.5) is 0 Å². The molecule has 20 heavy (non-hydrogen) atoms. The number of rotatable bonds is 3. The number of ketones is 1. The molecule has 0 aromatic heterocycles. The van der Waals surface area contributed by atoms with E-state index in [-0.39, 0.29) is 5.78 Å². The number of halogens is 2. The highest BCUT2D eigenvalue weighted by Gasteiger charge is 2.06. The van der Waals surface area contributed by atoms with E-state index in [1.165, 1.54) is 6.08 Å². The second-order valence-corrected chi connectivity index (χ2v) is 5.53. The maximum absolute atomic E-state index is 12.2. The second kappa shape index (κ2) is 6.25. The highest BCUT2D eigenvalue weighted by atomic mass is 35.5. The minimum absolute atomic E-state index is 0.0338. The highest BCUT2D eigenvalue weighted by Crippen LogP contribution is 2.22. The Balaban J connectivity index is 2.24. The van der Waals surface area contributed by atoms with Crippen LogP contribution in [0.2, 0.25) is 10.0 Å². The molecule has 0 N–H and O–H groups in total. The van der Waals surface area contributed by atoms with Crippen molar-refractivity contribution in [3.63, 3.8) is 0 Å². The normalized spacial score (nSPS) is 11.0. The van der Waals surface area contributed by atoms with E-state index < -0.39 is 0 Å². The number of allylic oxidation sites excluding steroid dienone is 1. The van der Waals surface area contributed by atoms with Gasteiger partial charge in [0.25, 0.3) is 0 Å². The van der Waals surface area contributed by atoms with E-state index in [4.69, 9.17) is 23.2 Å². The Kier molecular flexibility index (Phi) is 4.64. The van der Waals surface area contributed by atoms with Crippen LogP contribution >= 0.6 is 23.2 Å². The Morgan fingerprint density at radius 3 is 2.45 bits per heavy atom. The number of carbonyl (C=O) groups is 1. The van der Waals surface area contributed by atoms with Crippen LogP contribution in [-0.4, -0.2) is 5.78 Å². The van der Waals surface area contributed by atoms with Crippen LogP contribution in [0.1, 0.15) is 27.0 Å². The number of carbonyl (C=O) groups excluding carboxylic acids is 1. The molecule has 0 saturated heterocycles. The summed E-state index contributed by atoms with van der Waals surface area (Å²) in [7, 11) is 0. The van der Waals surface area contributed by atoms with Gasteiger partial charge in [-0.3, -0.25) is 4.79 Å². The van der Waals surface area contributed by atoms with Crippen molar-refractivity contribution in [3.8, 4) is 0 Å². The molecule has 0 spiro atoms. The quantitative estimate of drug-likeness (QED) is 0.540. The predicted octanol–water partition coefficient (Wildman–Crippen LogP) is 5.51. The lowest BCUT2D eigenvalue weighted by atomic mass is 10.0. The first-order valence-electron chi connectivity index (χ1n) is 6.22. The SMILES string of the molecule is Cc1ccc(C(=O)/C=C/c2ccc(Cl)cc2Cl)c(C)c1. The van der Waals surface area contributed by atoms with Crippen LogP contribution in [0, 0.1) is 13.8 Å². The van der Waals surface area contributed by atoms with Crippen molar-refractivity contribution in [1.82, 2.24) is 0 Å². The summed E-state index contributed by atoms with van der Waals surface area (Å²) < 4.78 is 0. The molecule has 0 saturated carbocycles. The smallest absolute Gasteiger partial charge is 0.186 e. The Labute approximate surface area is 128 Å². The molecular formula is C17H14Cl2O. The fraction of sp³-hybridized carbons (Fsp3) is 0.118. The summed E-state index contributed by atoms with van der Waals surface area (Å²) in [6.07, 6.45) is 3.24. The first-order chi connectivity index (χ1) is 9.47. The molecule has 0 radical (unpaired) electrons. The molecule has 0 aliphatic rings. The standard InChI is InChI=1S/C17H14Cl2O/c1-11-3-7-15(12(2)9-11)17(20)8-5-13-4-6-14(18)10-16(13)19/h3-10H,1-2H3/b8-5+. The van der Waals surface area contributed by atoms with E-state index in [1.54, 1.807) is 24.3 Å². The van der Waals surface area contributed by atoms with Crippen LogP contribution in [0.25, 0.3) is 6.08 Å². The first kappa shape index (κ1) is 14.8. The van der Waals surface area contributed by atoms with Crippen molar-refractivity contribution in [2.75, 3.05) is 0 Å². The van der Waals surface area contributed by atoms with Gasteiger partial charge in [-0.15, -0.1) is 0 Å². The van der Waals surface area contributed by atoms with E-state index in [0.717, 1.165) is 16.7 Å². The van der Waals surface area contributed by atoms with Gasteiger partial charge < -0.3 is 0 Å². The second-order valence-electron chi connectivity index (χ2n) is 4.68. The third-order valence-electron chi connectivity index (χ3n) is 3.02. The zero-order valence-electron chi connectivity index (χ0n) is 11.3. The molecule has 0 unspecified atom stereocenters. The summed E-state index contributed by atoms with van der Waals surface area (Å²) in [5.74, 6) is -0.0338. The maximum atomic E-state index is 12.2. The van der Waals surface area contributed by atoms with Crippen molar-refractivity contribution in [2.24, 2.45) is 0 Å². The molecule has 102 valence electrons. The topological polar surface area (TPSA) is 17.1 Å². The van der Waals surface area contributed by atoms with Gasteiger partial charge >= 0.3 is 0 Å². The van der Waals surface area contributed by atoms with Gasteiger partial charge in [-0.2, -0.15) is 0 Å². The molecule has 0 heterocycles. The first-order valence-corrected chi connectivity index (χ1v) is 6.97. The number of hydrogen-bond donors (Lipinski definition) is 0. The van der Waals surface area contributed by atoms with Gasteiger partial charge in [0, 0.05) is 15.6 Å². The van der Waals surface area contributed by atoms with Gasteiger partial charge in [0.1, 0.15) is 0 Å². The molecule has 0 bridgehead atoms. The van der Waals surface area contributed by atoms with Crippen LogP contribution in [0.3, 0.4) is 0 Å². The molecule has 3 heteroatoms. The van der Waals surface area contributed by atoms with Crippen molar-refractivity contribution < 1.29 is 4.79 Å². The van der Waals surface area contributed by atoms with E-state index in [0.29, 0.717) is 15.6 Å². The van der Waals surface area contributed by atoms with Gasteiger partial charge in [0.05, 0.1) is 0 Å². The van der Waals surface area contributed by atoms with Gasteiger partial charge in [0.15, 0.2) is 5.78 Å². The monoisotopic (exact) mass is 304 g/mol. The number of aryl methyl sites for hydroxylation is 2. The fourth-order valence-electron chi connectivity index (χ4n) is 1.98. The predicted molar refractivity (Wildman–Crippen MR) is 85.7 cm³/mol. The lowest BCUT2D eigenvalue weighted by Gasteiger charge is -2.03. The average molecular weight is 305 g/mol. The highest BCUT2D eigenvalue weighted by molar-refractivity contribution is 6.35. The summed E-state index contributed by atoms with van der Waals surface area (Å²) >= 11 is 11.9. The number of benzene rings is 2. The summed E-state index contributed by atoms with van der Waals surface area (Å²) in [5.41, 5.74) is 3.59. The van der Waals surface area contributed by atoms with Crippen LogP contribution < -0.4 is 0 Å². The molecule has 0 atom stereocenters. The van der Waals surface area contributed by atoms with Crippen LogP contribution in [0.15, 0.2) is 42.5 Å². The zero-order chi connectivity index (χ0) is 14.7. The largest absolute Gasteiger partial charge is 0.289 e. The fourth-order valence-corrected chi connectivity index (χ4v) is 2.45. The summed E-state index contributed by atoms with van der Waals surface area (Å²) in [6.45, 7) is 3.94.